The monoisotopic (exact) mass is 279 g/mol. The molecule has 0 radical (unpaired) electrons. The second kappa shape index (κ2) is 3.63. The van der Waals surface area contributed by atoms with E-state index in [0.29, 0.717) is 0 Å². The summed E-state index contributed by atoms with van der Waals surface area (Å²) in [5, 5.41) is 1.31. The molecule has 1 heterocycles. The largest absolute Gasteiger partial charge is 0.347 e. The van der Waals surface area contributed by atoms with E-state index in [1.807, 2.05) is 0 Å². The Morgan fingerprint density at radius 1 is 1.19 bits per heavy atom. The third-order valence-corrected chi connectivity index (χ3v) is 4.28. The SMILES string of the molecule is Cc1c(Br)c2cc(C(C)(C)C)ccc2n1C. The Morgan fingerprint density at radius 3 is 2.38 bits per heavy atom. The van der Waals surface area contributed by atoms with Gasteiger partial charge in [-0.3, -0.25) is 0 Å². The number of hydrogen-bond donors (Lipinski definition) is 0. The van der Waals surface area contributed by atoms with Crippen LogP contribution in [0.25, 0.3) is 10.9 Å². The maximum atomic E-state index is 3.68. The topological polar surface area (TPSA) is 4.93 Å². The van der Waals surface area contributed by atoms with Gasteiger partial charge in [0.25, 0.3) is 0 Å². The molecule has 1 aromatic heterocycles. The van der Waals surface area contributed by atoms with Crippen LogP contribution in [0.2, 0.25) is 0 Å². The van der Waals surface area contributed by atoms with E-state index < -0.39 is 0 Å². The summed E-state index contributed by atoms with van der Waals surface area (Å²) in [5.74, 6) is 0. The zero-order valence-electron chi connectivity index (χ0n) is 10.6. The zero-order chi connectivity index (χ0) is 12.1. The summed E-state index contributed by atoms with van der Waals surface area (Å²) >= 11 is 3.68. The van der Waals surface area contributed by atoms with Crippen molar-refractivity contribution in [3.8, 4) is 0 Å². The number of nitrogens with zero attached hydrogens (tertiary/aromatic N) is 1. The third kappa shape index (κ3) is 1.69. The minimum atomic E-state index is 0.206. The molecule has 0 fully saturated rings. The normalized spacial score (nSPS) is 12.4. The van der Waals surface area contributed by atoms with Gasteiger partial charge >= 0.3 is 0 Å². The summed E-state index contributed by atoms with van der Waals surface area (Å²) in [5.41, 5.74) is 4.15. The third-order valence-electron chi connectivity index (χ3n) is 3.28. The Kier molecular flexibility index (Phi) is 2.66. The molecular weight excluding hydrogens is 262 g/mol. The van der Waals surface area contributed by atoms with Crippen LogP contribution in [0.1, 0.15) is 32.0 Å². The lowest BCUT2D eigenvalue weighted by atomic mass is 9.86. The fourth-order valence-corrected chi connectivity index (χ4v) is 2.58. The van der Waals surface area contributed by atoms with Crippen LogP contribution in [-0.2, 0) is 12.5 Å². The summed E-state index contributed by atoms with van der Waals surface area (Å²) in [6.07, 6.45) is 0. The molecule has 0 amide bonds. The molecule has 0 aliphatic heterocycles. The van der Waals surface area contributed by atoms with Gasteiger partial charge in [-0.05, 0) is 46.0 Å². The van der Waals surface area contributed by atoms with Gasteiger partial charge in [0.15, 0.2) is 0 Å². The van der Waals surface area contributed by atoms with E-state index in [1.165, 1.54) is 26.6 Å². The first kappa shape index (κ1) is 11.7. The highest BCUT2D eigenvalue weighted by atomic mass is 79.9. The Morgan fingerprint density at radius 2 is 1.81 bits per heavy atom. The van der Waals surface area contributed by atoms with Crippen molar-refractivity contribution in [2.24, 2.45) is 7.05 Å². The fourth-order valence-electron chi connectivity index (χ4n) is 1.99. The Balaban J connectivity index is 2.77. The number of benzene rings is 1. The smallest absolute Gasteiger partial charge is 0.0491 e. The molecule has 2 aromatic rings. The van der Waals surface area contributed by atoms with Gasteiger partial charge < -0.3 is 4.57 Å². The van der Waals surface area contributed by atoms with Gasteiger partial charge in [0.1, 0.15) is 0 Å². The van der Waals surface area contributed by atoms with Crippen LogP contribution in [0.5, 0.6) is 0 Å². The first-order valence-electron chi connectivity index (χ1n) is 5.57. The maximum absolute atomic E-state index is 3.68. The summed E-state index contributed by atoms with van der Waals surface area (Å²) < 4.78 is 3.45. The fraction of sp³-hybridized carbons (Fsp3) is 0.429. The van der Waals surface area contributed by atoms with Crippen molar-refractivity contribution in [3.63, 3.8) is 0 Å². The second-order valence-electron chi connectivity index (χ2n) is 5.44. The Labute approximate surface area is 106 Å². The van der Waals surface area contributed by atoms with E-state index in [2.05, 4.69) is 73.4 Å². The molecule has 1 nitrogen and oxygen atoms in total. The molecule has 16 heavy (non-hydrogen) atoms. The molecule has 2 rings (SSSR count). The maximum Gasteiger partial charge on any atom is 0.0491 e. The van der Waals surface area contributed by atoms with Crippen LogP contribution in [0, 0.1) is 6.92 Å². The molecule has 86 valence electrons. The summed E-state index contributed by atoms with van der Waals surface area (Å²) in [6, 6.07) is 6.74. The van der Waals surface area contributed by atoms with Gasteiger partial charge in [-0.2, -0.15) is 0 Å². The van der Waals surface area contributed by atoms with Gasteiger partial charge in [-0.1, -0.05) is 26.8 Å². The number of fused-ring (bicyclic) bond motifs is 1. The van der Waals surface area contributed by atoms with Crippen LogP contribution < -0.4 is 0 Å². The molecule has 0 aliphatic carbocycles. The van der Waals surface area contributed by atoms with Gasteiger partial charge in [0.2, 0.25) is 0 Å². The Hall–Kier alpha value is -0.760. The van der Waals surface area contributed by atoms with Gasteiger partial charge in [0.05, 0.1) is 0 Å². The van der Waals surface area contributed by atoms with Gasteiger partial charge in [-0.25, -0.2) is 0 Å². The van der Waals surface area contributed by atoms with Crippen molar-refractivity contribution in [2.75, 3.05) is 0 Å². The lowest BCUT2D eigenvalue weighted by molar-refractivity contribution is 0.591. The van der Waals surface area contributed by atoms with Crippen LogP contribution in [0.3, 0.4) is 0 Å². The van der Waals surface area contributed by atoms with E-state index in [1.54, 1.807) is 0 Å². The lowest BCUT2D eigenvalue weighted by Crippen LogP contribution is -2.10. The average molecular weight is 280 g/mol. The number of halogens is 1. The highest BCUT2D eigenvalue weighted by Gasteiger charge is 2.16. The summed E-state index contributed by atoms with van der Waals surface area (Å²) in [7, 11) is 2.11. The lowest BCUT2D eigenvalue weighted by Gasteiger charge is -2.19. The molecule has 0 N–H and O–H groups in total. The van der Waals surface area contributed by atoms with Crippen molar-refractivity contribution in [1.29, 1.82) is 0 Å². The van der Waals surface area contributed by atoms with Crippen LogP contribution >= 0.6 is 15.9 Å². The number of aromatic nitrogens is 1. The highest BCUT2D eigenvalue weighted by Crippen LogP contribution is 2.33. The van der Waals surface area contributed by atoms with Crippen molar-refractivity contribution < 1.29 is 0 Å². The first-order valence-corrected chi connectivity index (χ1v) is 6.36. The molecule has 0 aliphatic rings. The molecule has 0 atom stereocenters. The van der Waals surface area contributed by atoms with Crippen LogP contribution in [0.15, 0.2) is 22.7 Å². The molecule has 0 unspecified atom stereocenters. The number of hydrogen-bond acceptors (Lipinski definition) is 0. The minimum absolute atomic E-state index is 0.206. The van der Waals surface area contributed by atoms with Gasteiger partial charge in [0, 0.05) is 28.1 Å². The average Bonchev–Trinajstić information content (AvgIpc) is 2.43. The van der Waals surface area contributed by atoms with E-state index in [9.17, 15) is 0 Å². The van der Waals surface area contributed by atoms with Crippen LogP contribution in [0.4, 0.5) is 0 Å². The van der Waals surface area contributed by atoms with Crippen LogP contribution in [-0.4, -0.2) is 4.57 Å². The number of aryl methyl sites for hydroxylation is 1. The molecule has 1 aromatic carbocycles. The van der Waals surface area contributed by atoms with Crippen molar-refractivity contribution in [3.05, 3.63) is 33.9 Å². The predicted molar refractivity (Wildman–Crippen MR) is 74.1 cm³/mol. The van der Waals surface area contributed by atoms with E-state index in [0.717, 1.165) is 0 Å². The highest BCUT2D eigenvalue weighted by molar-refractivity contribution is 9.10. The molecule has 0 bridgehead atoms. The molecule has 0 saturated carbocycles. The quantitative estimate of drug-likeness (QED) is 0.667. The first-order chi connectivity index (χ1) is 7.32. The number of rotatable bonds is 0. The standard InChI is InChI=1S/C14H18BrN/c1-9-13(15)11-8-10(14(2,3)4)6-7-12(11)16(9)5/h6-8H,1-5H3. The molecular formula is C14H18BrN. The Bertz CT molecular complexity index is 544. The van der Waals surface area contributed by atoms with Crippen molar-refractivity contribution >= 4 is 26.8 Å². The summed E-state index contributed by atoms with van der Waals surface area (Å²) in [6.45, 7) is 8.88. The van der Waals surface area contributed by atoms with E-state index >= 15 is 0 Å². The predicted octanol–water partition coefficient (Wildman–Crippen LogP) is 4.55. The van der Waals surface area contributed by atoms with Gasteiger partial charge in [-0.15, -0.1) is 0 Å². The van der Waals surface area contributed by atoms with E-state index in [4.69, 9.17) is 0 Å². The molecule has 2 heteroatoms. The van der Waals surface area contributed by atoms with E-state index in [-0.39, 0.29) is 5.41 Å². The summed E-state index contributed by atoms with van der Waals surface area (Å²) in [4.78, 5) is 0. The molecule has 0 saturated heterocycles. The van der Waals surface area contributed by atoms with Crippen molar-refractivity contribution in [1.82, 2.24) is 4.57 Å². The van der Waals surface area contributed by atoms with Crippen molar-refractivity contribution in [2.45, 2.75) is 33.1 Å². The zero-order valence-corrected chi connectivity index (χ0v) is 12.1. The second-order valence-corrected chi connectivity index (χ2v) is 6.23. The minimum Gasteiger partial charge on any atom is -0.347 e. The molecule has 0 spiro atoms.